The van der Waals surface area contributed by atoms with E-state index in [1.54, 1.807) is 0 Å². The summed E-state index contributed by atoms with van der Waals surface area (Å²) in [7, 11) is 2.08. The first kappa shape index (κ1) is 16.3. The molecule has 118 valence electrons. The second kappa shape index (κ2) is 6.77. The van der Waals surface area contributed by atoms with Crippen molar-refractivity contribution in [2.45, 2.75) is 31.2 Å². The molecule has 0 aliphatic carbocycles. The van der Waals surface area contributed by atoms with Crippen molar-refractivity contribution in [3.63, 3.8) is 0 Å². The van der Waals surface area contributed by atoms with Crippen LogP contribution in [0.2, 0.25) is 0 Å². The van der Waals surface area contributed by atoms with Gasteiger partial charge in [0.15, 0.2) is 0 Å². The maximum Gasteiger partial charge on any atom is 0.416 e. The molecule has 0 spiro atoms. The lowest BCUT2D eigenvalue weighted by atomic mass is 10.1. The molecule has 0 bridgehead atoms. The van der Waals surface area contributed by atoms with E-state index in [0.29, 0.717) is 18.2 Å². The number of likely N-dealkylation sites (N-methyl/N-ethyl adjacent to an activating group) is 1. The van der Waals surface area contributed by atoms with Crippen LogP contribution in [0.3, 0.4) is 0 Å². The van der Waals surface area contributed by atoms with Gasteiger partial charge in [0.25, 0.3) is 0 Å². The summed E-state index contributed by atoms with van der Waals surface area (Å²) in [4.78, 5) is 2.28. The van der Waals surface area contributed by atoms with E-state index >= 15 is 0 Å². The third-order valence-corrected chi connectivity index (χ3v) is 4.01. The molecule has 2 rings (SSSR count). The molecule has 1 heterocycles. The second-order valence-corrected chi connectivity index (χ2v) is 5.57. The molecule has 0 saturated carbocycles. The van der Waals surface area contributed by atoms with Gasteiger partial charge in [-0.05, 0) is 44.1 Å². The molecule has 0 aromatic heterocycles. The number of nitrogens with zero attached hydrogens (tertiary/aromatic N) is 1. The predicted octanol–water partition coefficient (Wildman–Crippen LogP) is 2.42. The Labute approximate surface area is 122 Å². The molecule has 3 nitrogen and oxygen atoms in total. The summed E-state index contributed by atoms with van der Waals surface area (Å²) in [6.07, 6.45) is -2.81. The lowest BCUT2D eigenvalue weighted by molar-refractivity contribution is -0.137. The third kappa shape index (κ3) is 4.43. The Bertz CT molecular complexity index is 447. The SMILES string of the molecule is CN1CCCC1CNCC(O)c1ccc(C(F)(F)F)cc1. The highest BCUT2D eigenvalue weighted by atomic mass is 19.4. The number of alkyl halides is 3. The van der Waals surface area contributed by atoms with E-state index < -0.39 is 17.8 Å². The van der Waals surface area contributed by atoms with Gasteiger partial charge in [0, 0.05) is 19.1 Å². The molecule has 1 aliphatic rings. The Kier molecular flexibility index (Phi) is 5.24. The van der Waals surface area contributed by atoms with Crippen molar-refractivity contribution in [2.75, 3.05) is 26.7 Å². The Morgan fingerprint density at radius 3 is 2.52 bits per heavy atom. The van der Waals surface area contributed by atoms with E-state index in [4.69, 9.17) is 0 Å². The molecular formula is C15H21F3N2O. The summed E-state index contributed by atoms with van der Waals surface area (Å²) in [5.74, 6) is 0. The smallest absolute Gasteiger partial charge is 0.387 e. The number of hydrogen-bond acceptors (Lipinski definition) is 3. The number of aliphatic hydroxyl groups is 1. The quantitative estimate of drug-likeness (QED) is 0.877. The summed E-state index contributed by atoms with van der Waals surface area (Å²) in [5.41, 5.74) is -0.200. The van der Waals surface area contributed by atoms with Gasteiger partial charge in [-0.3, -0.25) is 0 Å². The first-order chi connectivity index (χ1) is 9.88. The number of benzene rings is 1. The van der Waals surface area contributed by atoms with Crippen molar-refractivity contribution >= 4 is 0 Å². The summed E-state index contributed by atoms with van der Waals surface area (Å²) < 4.78 is 37.4. The Balaban J connectivity index is 1.81. The Hall–Kier alpha value is -1.11. The molecule has 2 unspecified atom stereocenters. The average molecular weight is 302 g/mol. The molecular weight excluding hydrogens is 281 g/mol. The van der Waals surface area contributed by atoms with Gasteiger partial charge in [-0.1, -0.05) is 12.1 Å². The fourth-order valence-corrected chi connectivity index (χ4v) is 2.64. The van der Waals surface area contributed by atoms with E-state index in [1.165, 1.54) is 18.6 Å². The van der Waals surface area contributed by atoms with Crippen LogP contribution in [-0.4, -0.2) is 42.7 Å². The van der Waals surface area contributed by atoms with Crippen LogP contribution < -0.4 is 5.32 Å². The van der Waals surface area contributed by atoms with Gasteiger partial charge in [-0.15, -0.1) is 0 Å². The van der Waals surface area contributed by atoms with Crippen LogP contribution in [0.5, 0.6) is 0 Å². The molecule has 0 amide bonds. The predicted molar refractivity (Wildman–Crippen MR) is 74.9 cm³/mol. The number of likely N-dealkylation sites (tertiary alicyclic amines) is 1. The molecule has 2 N–H and O–H groups in total. The highest BCUT2D eigenvalue weighted by molar-refractivity contribution is 5.26. The fourth-order valence-electron chi connectivity index (χ4n) is 2.64. The van der Waals surface area contributed by atoms with Crippen LogP contribution in [0.1, 0.15) is 30.1 Å². The van der Waals surface area contributed by atoms with Gasteiger partial charge in [0.2, 0.25) is 0 Å². The molecule has 6 heteroatoms. The molecule has 1 fully saturated rings. The number of halogens is 3. The normalized spacial score (nSPS) is 21.7. The highest BCUT2D eigenvalue weighted by Gasteiger charge is 2.30. The molecule has 1 aromatic carbocycles. The van der Waals surface area contributed by atoms with Crippen LogP contribution in [0.15, 0.2) is 24.3 Å². The van der Waals surface area contributed by atoms with Crippen molar-refractivity contribution in [3.05, 3.63) is 35.4 Å². The summed E-state index contributed by atoms with van der Waals surface area (Å²) in [5, 5.41) is 13.2. The van der Waals surface area contributed by atoms with Gasteiger partial charge in [0.05, 0.1) is 11.7 Å². The van der Waals surface area contributed by atoms with Crippen LogP contribution >= 0.6 is 0 Å². The van der Waals surface area contributed by atoms with Crippen LogP contribution in [-0.2, 0) is 6.18 Å². The van der Waals surface area contributed by atoms with Gasteiger partial charge in [-0.2, -0.15) is 13.2 Å². The van der Waals surface area contributed by atoms with Crippen LogP contribution in [0.4, 0.5) is 13.2 Å². The topological polar surface area (TPSA) is 35.5 Å². The minimum absolute atomic E-state index is 0.343. The standard InChI is InChI=1S/C15H21F3N2O/c1-20-8-2-3-13(20)9-19-10-14(21)11-4-6-12(7-5-11)15(16,17)18/h4-7,13-14,19,21H,2-3,8-10H2,1H3. The summed E-state index contributed by atoms with van der Waals surface area (Å²) >= 11 is 0. The zero-order valence-electron chi connectivity index (χ0n) is 12.0. The van der Waals surface area contributed by atoms with Crippen molar-refractivity contribution in [1.82, 2.24) is 10.2 Å². The van der Waals surface area contributed by atoms with E-state index in [0.717, 1.165) is 31.6 Å². The maximum atomic E-state index is 12.5. The fraction of sp³-hybridized carbons (Fsp3) is 0.600. The van der Waals surface area contributed by atoms with Crippen molar-refractivity contribution in [3.8, 4) is 0 Å². The number of hydrogen-bond donors (Lipinski definition) is 2. The average Bonchev–Trinajstić information content (AvgIpc) is 2.83. The highest BCUT2D eigenvalue weighted by Crippen LogP contribution is 2.29. The second-order valence-electron chi connectivity index (χ2n) is 5.57. The first-order valence-electron chi connectivity index (χ1n) is 7.14. The van der Waals surface area contributed by atoms with Crippen molar-refractivity contribution in [2.24, 2.45) is 0 Å². The monoisotopic (exact) mass is 302 g/mol. The number of nitrogens with one attached hydrogen (secondary N) is 1. The maximum absolute atomic E-state index is 12.5. The van der Waals surface area contributed by atoms with E-state index in [1.807, 2.05) is 0 Å². The number of aliphatic hydroxyl groups excluding tert-OH is 1. The lowest BCUT2D eigenvalue weighted by Gasteiger charge is -2.21. The van der Waals surface area contributed by atoms with E-state index in [2.05, 4.69) is 17.3 Å². The molecule has 1 saturated heterocycles. The van der Waals surface area contributed by atoms with Crippen LogP contribution in [0, 0.1) is 0 Å². The zero-order valence-corrected chi connectivity index (χ0v) is 12.0. The van der Waals surface area contributed by atoms with Gasteiger partial charge in [0.1, 0.15) is 0 Å². The molecule has 1 aromatic rings. The Morgan fingerprint density at radius 1 is 1.33 bits per heavy atom. The lowest BCUT2D eigenvalue weighted by Crippen LogP contribution is -2.37. The minimum atomic E-state index is -4.34. The van der Waals surface area contributed by atoms with Gasteiger partial charge in [-0.25, -0.2) is 0 Å². The molecule has 21 heavy (non-hydrogen) atoms. The summed E-state index contributed by atoms with van der Waals surface area (Å²) in [6, 6.07) is 5.14. The molecule has 1 aliphatic heterocycles. The van der Waals surface area contributed by atoms with Crippen LogP contribution in [0.25, 0.3) is 0 Å². The van der Waals surface area contributed by atoms with E-state index in [-0.39, 0.29) is 0 Å². The van der Waals surface area contributed by atoms with Gasteiger partial charge >= 0.3 is 6.18 Å². The minimum Gasteiger partial charge on any atom is -0.387 e. The largest absolute Gasteiger partial charge is 0.416 e. The van der Waals surface area contributed by atoms with E-state index in [9.17, 15) is 18.3 Å². The zero-order chi connectivity index (χ0) is 15.5. The van der Waals surface area contributed by atoms with Gasteiger partial charge < -0.3 is 15.3 Å². The third-order valence-electron chi connectivity index (χ3n) is 4.01. The first-order valence-corrected chi connectivity index (χ1v) is 7.14. The molecule has 0 radical (unpaired) electrons. The Morgan fingerprint density at radius 2 is 2.00 bits per heavy atom. The summed E-state index contributed by atoms with van der Waals surface area (Å²) in [6.45, 7) is 2.22. The molecule has 2 atom stereocenters. The van der Waals surface area contributed by atoms with Crippen molar-refractivity contribution in [1.29, 1.82) is 0 Å². The van der Waals surface area contributed by atoms with Crippen molar-refractivity contribution < 1.29 is 18.3 Å². The number of rotatable bonds is 5.